The van der Waals surface area contributed by atoms with Crippen molar-refractivity contribution in [1.82, 2.24) is 4.90 Å². The van der Waals surface area contributed by atoms with Gasteiger partial charge in [0.2, 0.25) is 0 Å². The smallest absolute Gasteiger partial charge is 0.289 e. The molecule has 0 saturated heterocycles. The predicted molar refractivity (Wildman–Crippen MR) is 74.4 cm³/mol. The molecular formula is C15H19NO3. The molecule has 0 aliphatic heterocycles. The second-order valence-corrected chi connectivity index (χ2v) is 4.62. The number of benzene rings is 1. The van der Waals surface area contributed by atoms with Crippen LogP contribution in [0.3, 0.4) is 0 Å². The molecular weight excluding hydrogens is 242 g/mol. The highest BCUT2D eigenvalue weighted by Gasteiger charge is 2.22. The quantitative estimate of drug-likeness (QED) is 0.920. The zero-order chi connectivity index (χ0) is 14.0. The lowest BCUT2D eigenvalue weighted by Gasteiger charge is -2.18. The summed E-state index contributed by atoms with van der Waals surface area (Å²) in [5.41, 5.74) is 2.65. The van der Waals surface area contributed by atoms with E-state index in [1.54, 1.807) is 4.90 Å². The number of likely N-dealkylation sites (N-methyl/N-ethyl adjacent to an activating group) is 1. The Kier molecular flexibility index (Phi) is 3.90. The Bertz CT molecular complexity index is 601. The Morgan fingerprint density at radius 2 is 2.11 bits per heavy atom. The van der Waals surface area contributed by atoms with Gasteiger partial charge in [-0.15, -0.1) is 0 Å². The molecule has 0 bridgehead atoms. The van der Waals surface area contributed by atoms with Gasteiger partial charge in [-0.1, -0.05) is 18.2 Å². The van der Waals surface area contributed by atoms with Crippen molar-refractivity contribution in [2.45, 2.75) is 20.8 Å². The van der Waals surface area contributed by atoms with Crippen molar-refractivity contribution in [1.29, 1.82) is 0 Å². The second kappa shape index (κ2) is 5.45. The minimum absolute atomic E-state index is 0.0438. The topological polar surface area (TPSA) is 53.7 Å². The maximum absolute atomic E-state index is 12.4. The molecule has 2 aromatic rings. The van der Waals surface area contributed by atoms with Gasteiger partial charge in [0.1, 0.15) is 5.58 Å². The van der Waals surface area contributed by atoms with Gasteiger partial charge in [0.05, 0.1) is 6.61 Å². The van der Waals surface area contributed by atoms with Crippen molar-refractivity contribution in [3.63, 3.8) is 0 Å². The summed E-state index contributed by atoms with van der Waals surface area (Å²) in [7, 11) is 0. The van der Waals surface area contributed by atoms with E-state index in [0.29, 0.717) is 18.8 Å². The number of para-hydroxylation sites is 1. The van der Waals surface area contributed by atoms with Gasteiger partial charge >= 0.3 is 0 Å². The van der Waals surface area contributed by atoms with Crippen LogP contribution in [0.2, 0.25) is 0 Å². The van der Waals surface area contributed by atoms with Gasteiger partial charge in [-0.25, -0.2) is 0 Å². The van der Waals surface area contributed by atoms with Crippen LogP contribution in [0.5, 0.6) is 0 Å². The number of aliphatic hydroxyl groups excluding tert-OH is 1. The summed E-state index contributed by atoms with van der Waals surface area (Å²) >= 11 is 0. The van der Waals surface area contributed by atoms with Crippen LogP contribution in [0.15, 0.2) is 22.6 Å². The minimum Gasteiger partial charge on any atom is -0.450 e. The number of aryl methyl sites for hydroxylation is 2. The van der Waals surface area contributed by atoms with Crippen LogP contribution in [0.25, 0.3) is 11.0 Å². The van der Waals surface area contributed by atoms with Crippen molar-refractivity contribution < 1.29 is 14.3 Å². The zero-order valence-electron chi connectivity index (χ0n) is 11.6. The Morgan fingerprint density at radius 1 is 1.37 bits per heavy atom. The third kappa shape index (κ3) is 2.36. The summed E-state index contributed by atoms with van der Waals surface area (Å²) in [6, 6.07) is 5.88. The Balaban J connectivity index is 2.48. The molecule has 0 aliphatic rings. The van der Waals surface area contributed by atoms with E-state index < -0.39 is 0 Å². The van der Waals surface area contributed by atoms with Gasteiger partial charge < -0.3 is 14.4 Å². The summed E-state index contributed by atoms with van der Waals surface area (Å²) in [5, 5.41) is 9.97. The molecule has 4 nitrogen and oxygen atoms in total. The van der Waals surface area contributed by atoms with Gasteiger partial charge in [0.15, 0.2) is 5.76 Å². The van der Waals surface area contributed by atoms with E-state index in [4.69, 9.17) is 9.52 Å². The number of hydrogen-bond acceptors (Lipinski definition) is 3. The van der Waals surface area contributed by atoms with Crippen molar-refractivity contribution >= 4 is 16.9 Å². The molecule has 0 radical (unpaired) electrons. The zero-order valence-corrected chi connectivity index (χ0v) is 11.6. The molecule has 0 fully saturated rings. The largest absolute Gasteiger partial charge is 0.450 e. The summed E-state index contributed by atoms with van der Waals surface area (Å²) in [5.74, 6) is 0.212. The number of carbonyl (C=O) groups excluding carboxylic acids is 1. The summed E-state index contributed by atoms with van der Waals surface area (Å²) in [6.07, 6.45) is 0. The van der Waals surface area contributed by atoms with Gasteiger partial charge in [0, 0.05) is 24.0 Å². The molecule has 0 aliphatic carbocycles. The molecule has 4 heteroatoms. The first-order valence-electron chi connectivity index (χ1n) is 6.49. The van der Waals surface area contributed by atoms with Crippen molar-refractivity contribution in [2.75, 3.05) is 19.7 Å². The predicted octanol–water partition coefficient (Wildman–Crippen LogP) is 2.50. The van der Waals surface area contributed by atoms with E-state index in [-0.39, 0.29) is 12.5 Å². The Hall–Kier alpha value is -1.81. The highest BCUT2D eigenvalue weighted by molar-refractivity contribution is 5.99. The van der Waals surface area contributed by atoms with Crippen LogP contribution in [0.4, 0.5) is 0 Å². The number of nitrogens with zero attached hydrogens (tertiary/aromatic N) is 1. The molecule has 1 aromatic heterocycles. The molecule has 0 atom stereocenters. The number of fused-ring (bicyclic) bond motifs is 1. The lowest BCUT2D eigenvalue weighted by atomic mass is 10.1. The fraction of sp³-hybridized carbons (Fsp3) is 0.400. The monoisotopic (exact) mass is 261 g/mol. The number of carbonyl (C=O) groups is 1. The first kappa shape index (κ1) is 13.6. The van der Waals surface area contributed by atoms with E-state index >= 15 is 0 Å². The minimum atomic E-state index is -0.162. The fourth-order valence-electron chi connectivity index (χ4n) is 2.26. The molecule has 1 heterocycles. The van der Waals surface area contributed by atoms with Gasteiger partial charge in [-0.3, -0.25) is 4.79 Å². The van der Waals surface area contributed by atoms with E-state index in [0.717, 1.165) is 22.1 Å². The highest BCUT2D eigenvalue weighted by atomic mass is 16.3. The lowest BCUT2D eigenvalue weighted by Crippen LogP contribution is -2.33. The highest BCUT2D eigenvalue weighted by Crippen LogP contribution is 2.28. The number of hydrogen-bond donors (Lipinski definition) is 1. The average Bonchev–Trinajstić information content (AvgIpc) is 2.74. The molecule has 0 saturated carbocycles. The normalized spacial score (nSPS) is 10.9. The van der Waals surface area contributed by atoms with E-state index in [1.807, 2.05) is 39.0 Å². The number of amides is 1. The Labute approximate surface area is 112 Å². The number of aliphatic hydroxyl groups is 1. The number of furan rings is 1. The molecule has 2 rings (SSSR count). The molecule has 0 unspecified atom stereocenters. The standard InChI is InChI=1S/C15H19NO3/c1-4-16(8-9-17)15(18)14-11(3)12-7-5-6-10(2)13(12)19-14/h5-7,17H,4,8-9H2,1-3H3. The van der Waals surface area contributed by atoms with Crippen molar-refractivity contribution in [3.05, 3.63) is 35.1 Å². The maximum atomic E-state index is 12.4. The van der Waals surface area contributed by atoms with Crippen LogP contribution in [-0.2, 0) is 0 Å². The SMILES string of the molecule is CCN(CCO)C(=O)c1oc2c(C)cccc2c1C. The third-order valence-corrected chi connectivity index (χ3v) is 3.39. The molecule has 1 amide bonds. The van der Waals surface area contributed by atoms with Crippen LogP contribution in [0.1, 0.15) is 28.6 Å². The van der Waals surface area contributed by atoms with Crippen LogP contribution < -0.4 is 0 Å². The summed E-state index contributed by atoms with van der Waals surface area (Å²) < 4.78 is 5.75. The molecule has 0 spiro atoms. The molecule has 1 N–H and O–H groups in total. The van der Waals surface area contributed by atoms with E-state index in [9.17, 15) is 4.79 Å². The van der Waals surface area contributed by atoms with E-state index in [1.165, 1.54) is 0 Å². The summed E-state index contributed by atoms with van der Waals surface area (Å²) in [6.45, 7) is 6.57. The summed E-state index contributed by atoms with van der Waals surface area (Å²) in [4.78, 5) is 14.0. The lowest BCUT2D eigenvalue weighted by molar-refractivity contribution is 0.0701. The third-order valence-electron chi connectivity index (χ3n) is 3.39. The number of rotatable bonds is 4. The molecule has 19 heavy (non-hydrogen) atoms. The second-order valence-electron chi connectivity index (χ2n) is 4.62. The van der Waals surface area contributed by atoms with Crippen molar-refractivity contribution in [3.8, 4) is 0 Å². The Morgan fingerprint density at radius 3 is 2.68 bits per heavy atom. The van der Waals surface area contributed by atoms with Gasteiger partial charge in [-0.05, 0) is 26.3 Å². The van der Waals surface area contributed by atoms with Crippen molar-refractivity contribution in [2.24, 2.45) is 0 Å². The van der Waals surface area contributed by atoms with Gasteiger partial charge in [0.25, 0.3) is 5.91 Å². The first-order chi connectivity index (χ1) is 9.10. The van der Waals surface area contributed by atoms with Crippen LogP contribution in [-0.4, -0.2) is 35.6 Å². The van der Waals surface area contributed by atoms with Crippen LogP contribution >= 0.6 is 0 Å². The van der Waals surface area contributed by atoms with E-state index in [2.05, 4.69) is 0 Å². The van der Waals surface area contributed by atoms with Gasteiger partial charge in [-0.2, -0.15) is 0 Å². The fourth-order valence-corrected chi connectivity index (χ4v) is 2.26. The maximum Gasteiger partial charge on any atom is 0.289 e. The molecule has 102 valence electrons. The molecule has 1 aromatic carbocycles. The first-order valence-corrected chi connectivity index (χ1v) is 6.49. The van der Waals surface area contributed by atoms with Crippen LogP contribution in [0, 0.1) is 13.8 Å². The average molecular weight is 261 g/mol.